The van der Waals surface area contributed by atoms with Crippen molar-refractivity contribution >= 4 is 17.5 Å². The molecule has 0 aliphatic carbocycles. The Morgan fingerprint density at radius 1 is 1.14 bits per heavy atom. The van der Waals surface area contributed by atoms with Gasteiger partial charge in [-0.2, -0.15) is 0 Å². The highest BCUT2D eigenvalue weighted by Gasteiger charge is 2.32. The molecule has 2 N–H and O–H groups in total. The fourth-order valence-electron chi connectivity index (χ4n) is 4.20. The minimum atomic E-state index is -0.266. The number of benzene rings is 1. The van der Waals surface area contributed by atoms with E-state index in [1.54, 1.807) is 0 Å². The van der Waals surface area contributed by atoms with E-state index in [-0.39, 0.29) is 24.6 Å². The molecule has 154 valence electrons. The first-order valence-electron chi connectivity index (χ1n) is 10.4. The van der Waals surface area contributed by atoms with Crippen LogP contribution >= 0.6 is 0 Å². The molecule has 2 atom stereocenters. The van der Waals surface area contributed by atoms with Gasteiger partial charge >= 0.3 is 0 Å². The number of hydrogen-bond acceptors (Lipinski definition) is 6. The second kappa shape index (κ2) is 8.78. The van der Waals surface area contributed by atoms with Crippen molar-refractivity contribution in [3.63, 3.8) is 0 Å². The fourth-order valence-corrected chi connectivity index (χ4v) is 4.20. The zero-order valence-electron chi connectivity index (χ0n) is 16.9. The zero-order chi connectivity index (χ0) is 20.2. The highest BCUT2D eigenvalue weighted by Crippen LogP contribution is 2.25. The molecule has 1 aromatic carbocycles. The Bertz CT molecular complexity index is 841. The summed E-state index contributed by atoms with van der Waals surface area (Å²) in [7, 11) is 0. The number of carbonyl (C=O) groups excluding carboxylic acids is 1. The number of aromatic nitrogens is 2. The molecule has 4 rings (SSSR count). The number of rotatable bonds is 6. The number of piperidine rings is 1. The first-order chi connectivity index (χ1) is 14.1. The number of aryl methyl sites for hydroxylation is 1. The number of nitrogens with zero attached hydrogens (tertiary/aromatic N) is 4. The van der Waals surface area contributed by atoms with Crippen LogP contribution in [-0.4, -0.2) is 57.7 Å². The molecular weight excluding hydrogens is 366 g/mol. The molecule has 1 amide bonds. The van der Waals surface area contributed by atoms with Crippen LogP contribution in [-0.2, 0) is 11.3 Å². The van der Waals surface area contributed by atoms with E-state index in [9.17, 15) is 9.90 Å². The van der Waals surface area contributed by atoms with Gasteiger partial charge in [0, 0.05) is 25.7 Å². The van der Waals surface area contributed by atoms with E-state index in [2.05, 4.69) is 51.4 Å². The van der Waals surface area contributed by atoms with Crippen LogP contribution in [0.3, 0.4) is 0 Å². The van der Waals surface area contributed by atoms with Crippen LogP contribution < -0.4 is 10.2 Å². The van der Waals surface area contributed by atoms with E-state index >= 15 is 0 Å². The average Bonchev–Trinajstić information content (AvgIpc) is 3.09. The molecule has 1 aromatic heterocycles. The van der Waals surface area contributed by atoms with Gasteiger partial charge in [0.15, 0.2) is 0 Å². The molecule has 0 bridgehead atoms. The van der Waals surface area contributed by atoms with Gasteiger partial charge in [-0.05, 0) is 38.2 Å². The van der Waals surface area contributed by atoms with E-state index in [0.717, 1.165) is 50.2 Å². The van der Waals surface area contributed by atoms with Gasteiger partial charge in [-0.1, -0.05) is 29.8 Å². The van der Waals surface area contributed by atoms with E-state index in [0.29, 0.717) is 12.4 Å². The monoisotopic (exact) mass is 395 g/mol. The van der Waals surface area contributed by atoms with Crippen LogP contribution in [0.5, 0.6) is 0 Å². The summed E-state index contributed by atoms with van der Waals surface area (Å²) in [4.78, 5) is 25.6. The first-order valence-corrected chi connectivity index (χ1v) is 10.4. The lowest BCUT2D eigenvalue weighted by molar-refractivity contribution is -0.128. The number of nitrogens with one attached hydrogen (secondary N) is 1. The molecule has 2 fully saturated rings. The Hall–Kier alpha value is -2.67. The molecule has 7 heteroatoms. The number of hydrogen-bond donors (Lipinski definition) is 2. The van der Waals surface area contributed by atoms with Gasteiger partial charge in [0.1, 0.15) is 24.0 Å². The van der Waals surface area contributed by atoms with Gasteiger partial charge in [0.25, 0.3) is 0 Å². The van der Waals surface area contributed by atoms with Crippen LogP contribution in [0.1, 0.15) is 36.8 Å². The zero-order valence-corrected chi connectivity index (χ0v) is 16.9. The predicted octanol–water partition coefficient (Wildman–Crippen LogP) is 2.35. The molecule has 29 heavy (non-hydrogen) atoms. The van der Waals surface area contributed by atoms with Gasteiger partial charge in [0.05, 0.1) is 12.6 Å². The van der Waals surface area contributed by atoms with Crippen molar-refractivity contribution < 1.29 is 9.90 Å². The third-order valence-electron chi connectivity index (χ3n) is 5.90. The van der Waals surface area contributed by atoms with Crippen LogP contribution in [0.25, 0.3) is 0 Å². The summed E-state index contributed by atoms with van der Waals surface area (Å²) in [5.41, 5.74) is 2.37. The average molecular weight is 396 g/mol. The van der Waals surface area contributed by atoms with Crippen LogP contribution in [0.15, 0.2) is 36.7 Å². The Kier molecular flexibility index (Phi) is 5.94. The van der Waals surface area contributed by atoms with E-state index in [4.69, 9.17) is 0 Å². The van der Waals surface area contributed by atoms with E-state index < -0.39 is 0 Å². The highest BCUT2D eigenvalue weighted by atomic mass is 16.3. The molecule has 2 unspecified atom stereocenters. The van der Waals surface area contributed by atoms with Gasteiger partial charge < -0.3 is 20.2 Å². The van der Waals surface area contributed by atoms with Crippen LogP contribution in [0, 0.1) is 6.92 Å². The Balaban J connectivity index is 1.40. The predicted molar refractivity (Wildman–Crippen MR) is 113 cm³/mol. The van der Waals surface area contributed by atoms with E-state index in [1.807, 2.05) is 11.0 Å². The summed E-state index contributed by atoms with van der Waals surface area (Å²) in [5.74, 6) is 1.58. The molecule has 2 aromatic rings. The second-order valence-corrected chi connectivity index (χ2v) is 8.02. The molecule has 7 nitrogen and oxygen atoms in total. The number of anilines is 2. The van der Waals surface area contributed by atoms with Crippen molar-refractivity contribution in [3.8, 4) is 0 Å². The van der Waals surface area contributed by atoms with Gasteiger partial charge in [-0.25, -0.2) is 9.97 Å². The lowest BCUT2D eigenvalue weighted by atomic mass is 10.0. The van der Waals surface area contributed by atoms with Crippen LogP contribution in [0.2, 0.25) is 0 Å². The minimum absolute atomic E-state index is 0.101. The normalized spacial score (nSPS) is 22.2. The molecule has 2 saturated heterocycles. The summed E-state index contributed by atoms with van der Waals surface area (Å²) in [5, 5.41) is 13.0. The van der Waals surface area contributed by atoms with Crippen molar-refractivity contribution in [2.24, 2.45) is 0 Å². The van der Waals surface area contributed by atoms with Crippen molar-refractivity contribution in [1.82, 2.24) is 14.9 Å². The quantitative estimate of drug-likeness (QED) is 0.781. The third kappa shape index (κ3) is 4.50. The van der Waals surface area contributed by atoms with Gasteiger partial charge in [-0.3, -0.25) is 4.79 Å². The largest absolute Gasteiger partial charge is 0.394 e. The number of aliphatic hydroxyl groups is 1. The standard InChI is InChI=1S/C22H29N5O2/c1-16-5-7-17(8-6-16)13-26-11-9-19(22(26)29)25-20-12-21(24-15-23-20)27-10-3-2-4-18(27)14-28/h5-8,12,15,18-19,28H,2-4,9-11,13-14H2,1H3,(H,23,24,25). The minimum Gasteiger partial charge on any atom is -0.394 e. The molecule has 3 heterocycles. The first kappa shape index (κ1) is 19.6. The Morgan fingerprint density at radius 3 is 2.76 bits per heavy atom. The smallest absolute Gasteiger partial charge is 0.245 e. The van der Waals surface area contributed by atoms with Gasteiger partial charge in [-0.15, -0.1) is 0 Å². The maximum atomic E-state index is 12.8. The molecule has 0 spiro atoms. The third-order valence-corrected chi connectivity index (χ3v) is 5.90. The van der Waals surface area contributed by atoms with Crippen molar-refractivity contribution in [2.45, 2.75) is 51.2 Å². The second-order valence-electron chi connectivity index (χ2n) is 8.02. The van der Waals surface area contributed by atoms with E-state index in [1.165, 1.54) is 11.9 Å². The number of carbonyl (C=O) groups is 1. The summed E-state index contributed by atoms with van der Waals surface area (Å²) in [6, 6.07) is 10.0. The Labute approximate surface area is 171 Å². The molecular formula is C22H29N5O2. The van der Waals surface area contributed by atoms with Gasteiger partial charge in [0.2, 0.25) is 5.91 Å². The summed E-state index contributed by atoms with van der Waals surface area (Å²) in [6.07, 6.45) is 5.49. The Morgan fingerprint density at radius 2 is 1.97 bits per heavy atom. The maximum absolute atomic E-state index is 12.8. The topological polar surface area (TPSA) is 81.6 Å². The fraction of sp³-hybridized carbons (Fsp3) is 0.500. The number of amides is 1. The summed E-state index contributed by atoms with van der Waals surface area (Å²) < 4.78 is 0. The summed E-state index contributed by atoms with van der Waals surface area (Å²) >= 11 is 0. The highest BCUT2D eigenvalue weighted by molar-refractivity contribution is 5.86. The summed E-state index contributed by atoms with van der Waals surface area (Å²) in [6.45, 7) is 4.45. The molecule has 0 radical (unpaired) electrons. The molecule has 2 aliphatic rings. The number of aliphatic hydroxyl groups excluding tert-OH is 1. The van der Waals surface area contributed by atoms with Crippen molar-refractivity contribution in [3.05, 3.63) is 47.8 Å². The van der Waals surface area contributed by atoms with Crippen molar-refractivity contribution in [2.75, 3.05) is 29.9 Å². The van der Waals surface area contributed by atoms with Crippen LogP contribution in [0.4, 0.5) is 11.6 Å². The van der Waals surface area contributed by atoms with Crippen molar-refractivity contribution in [1.29, 1.82) is 0 Å². The lowest BCUT2D eigenvalue weighted by Gasteiger charge is -2.35. The molecule has 0 saturated carbocycles. The number of likely N-dealkylation sites (tertiary alicyclic amines) is 1. The SMILES string of the molecule is Cc1ccc(CN2CCC(Nc3cc(N4CCCCC4CO)ncn3)C2=O)cc1. The molecule has 2 aliphatic heterocycles. The maximum Gasteiger partial charge on any atom is 0.245 e. The lowest BCUT2D eigenvalue weighted by Crippen LogP contribution is -2.42.